The van der Waals surface area contributed by atoms with Gasteiger partial charge in [-0.3, -0.25) is 4.90 Å². The molecule has 7 nitrogen and oxygen atoms in total. The van der Waals surface area contributed by atoms with Gasteiger partial charge in [-0.05, 0) is 37.1 Å². The second-order valence-corrected chi connectivity index (χ2v) is 8.98. The van der Waals surface area contributed by atoms with Crippen molar-refractivity contribution >= 4 is 5.97 Å². The van der Waals surface area contributed by atoms with Gasteiger partial charge >= 0.3 is 5.97 Å². The van der Waals surface area contributed by atoms with Crippen LogP contribution in [0.25, 0.3) is 0 Å². The molecule has 4 rings (SSSR count). The van der Waals surface area contributed by atoms with E-state index in [9.17, 15) is 9.90 Å². The Kier molecular flexibility index (Phi) is 8.44. The van der Waals surface area contributed by atoms with Crippen molar-refractivity contribution in [3.05, 3.63) is 83.7 Å². The molecule has 1 fully saturated rings. The summed E-state index contributed by atoms with van der Waals surface area (Å²) in [5.41, 5.74) is 2.31. The smallest absolute Gasteiger partial charge is 0.338 e. The predicted octanol–water partition coefficient (Wildman–Crippen LogP) is 4.56. The van der Waals surface area contributed by atoms with Gasteiger partial charge in [0.25, 0.3) is 0 Å². The van der Waals surface area contributed by atoms with E-state index in [2.05, 4.69) is 46.4 Å². The fraction of sp³-hybridized carbons (Fsp3) is 0.444. The van der Waals surface area contributed by atoms with Gasteiger partial charge in [-0.15, -0.1) is 5.10 Å². The van der Waals surface area contributed by atoms with Crippen LogP contribution in [0.4, 0.5) is 0 Å². The number of nitrogens with zero attached hydrogens (tertiary/aromatic N) is 4. The standard InChI is InChI=1S/C27H34N4O3/c1-2-3-4-11-16-30-19-25(26(32)17-24(30)21-12-7-5-8-13-21)31-18-23(28-29-31)20-34-27(33)22-14-9-6-10-15-22/h5-10,12-15,18,24-26,32H,2-4,11,16-17,19-20H2,1H3/t24-,25-,26-/m0/s1. The molecule has 0 spiro atoms. The van der Waals surface area contributed by atoms with Crippen molar-refractivity contribution in [1.29, 1.82) is 0 Å². The van der Waals surface area contributed by atoms with Crippen LogP contribution in [-0.4, -0.2) is 50.2 Å². The van der Waals surface area contributed by atoms with E-state index < -0.39 is 12.1 Å². The number of ether oxygens (including phenoxy) is 1. The maximum atomic E-state index is 12.2. The van der Waals surface area contributed by atoms with Crippen molar-refractivity contribution in [3.63, 3.8) is 0 Å². The van der Waals surface area contributed by atoms with Gasteiger partial charge in [0.05, 0.1) is 23.9 Å². The van der Waals surface area contributed by atoms with E-state index in [1.54, 1.807) is 35.1 Å². The van der Waals surface area contributed by atoms with E-state index >= 15 is 0 Å². The normalized spacial score (nSPS) is 20.8. The number of hydrogen-bond acceptors (Lipinski definition) is 6. The summed E-state index contributed by atoms with van der Waals surface area (Å²) in [7, 11) is 0. The zero-order valence-electron chi connectivity index (χ0n) is 19.8. The molecule has 0 bridgehead atoms. The summed E-state index contributed by atoms with van der Waals surface area (Å²) in [5, 5.41) is 19.5. The van der Waals surface area contributed by atoms with Crippen LogP contribution in [0.1, 0.15) is 72.7 Å². The second kappa shape index (κ2) is 11.9. The zero-order valence-corrected chi connectivity index (χ0v) is 19.8. The third-order valence-corrected chi connectivity index (χ3v) is 6.51. The Morgan fingerprint density at radius 1 is 1.06 bits per heavy atom. The molecule has 0 amide bonds. The first-order valence-corrected chi connectivity index (χ1v) is 12.3. The summed E-state index contributed by atoms with van der Waals surface area (Å²) in [6.45, 7) is 3.95. The van der Waals surface area contributed by atoms with Crippen LogP contribution in [0.15, 0.2) is 66.9 Å². The highest BCUT2D eigenvalue weighted by molar-refractivity contribution is 5.89. The van der Waals surface area contributed by atoms with Gasteiger partial charge in [0.2, 0.25) is 0 Å². The lowest BCUT2D eigenvalue weighted by Crippen LogP contribution is -2.46. The van der Waals surface area contributed by atoms with Crippen molar-refractivity contribution in [2.45, 2.75) is 63.8 Å². The minimum Gasteiger partial charge on any atom is -0.455 e. The van der Waals surface area contributed by atoms with E-state index in [4.69, 9.17) is 4.74 Å². The number of aromatic nitrogens is 3. The number of carbonyl (C=O) groups excluding carboxylic acids is 1. The minimum absolute atomic E-state index is 0.0456. The third kappa shape index (κ3) is 6.10. The molecule has 7 heteroatoms. The molecule has 3 aromatic rings. The van der Waals surface area contributed by atoms with E-state index in [0.29, 0.717) is 24.2 Å². The summed E-state index contributed by atoms with van der Waals surface area (Å²) < 4.78 is 7.12. The zero-order chi connectivity index (χ0) is 23.8. The highest BCUT2D eigenvalue weighted by atomic mass is 16.5. The monoisotopic (exact) mass is 462 g/mol. The molecular formula is C27H34N4O3. The average molecular weight is 463 g/mol. The molecule has 1 saturated heterocycles. The molecule has 1 aromatic heterocycles. The summed E-state index contributed by atoms with van der Waals surface area (Å²) in [4.78, 5) is 14.7. The SMILES string of the molecule is CCCCCCN1C[C@H](n2cc(COC(=O)c3ccccc3)nn2)[C@@H](O)C[C@H]1c1ccccc1. The lowest BCUT2D eigenvalue weighted by molar-refractivity contribution is -0.00778. The molecule has 0 saturated carbocycles. The van der Waals surface area contributed by atoms with Gasteiger partial charge in [0.15, 0.2) is 0 Å². The number of piperidine rings is 1. The summed E-state index contributed by atoms with van der Waals surface area (Å²) in [5.74, 6) is -0.392. The Labute approximate surface area is 201 Å². The fourth-order valence-electron chi connectivity index (χ4n) is 4.63. The molecule has 2 heterocycles. The summed E-state index contributed by atoms with van der Waals surface area (Å²) >= 11 is 0. The molecule has 0 unspecified atom stereocenters. The summed E-state index contributed by atoms with van der Waals surface area (Å²) in [6.07, 6.45) is 6.67. The predicted molar refractivity (Wildman–Crippen MR) is 130 cm³/mol. The first-order valence-electron chi connectivity index (χ1n) is 12.3. The van der Waals surface area contributed by atoms with Gasteiger partial charge in [-0.25, -0.2) is 9.48 Å². The molecular weight excluding hydrogens is 428 g/mol. The first kappa shape index (κ1) is 24.1. The van der Waals surface area contributed by atoms with Crippen molar-refractivity contribution < 1.29 is 14.6 Å². The molecule has 1 aliphatic rings. The van der Waals surface area contributed by atoms with Gasteiger partial charge < -0.3 is 9.84 Å². The quantitative estimate of drug-likeness (QED) is 0.351. The minimum atomic E-state index is -0.543. The van der Waals surface area contributed by atoms with Crippen molar-refractivity contribution in [2.24, 2.45) is 0 Å². The Balaban J connectivity index is 1.42. The van der Waals surface area contributed by atoms with Crippen LogP contribution in [0.3, 0.4) is 0 Å². The highest BCUT2D eigenvalue weighted by Crippen LogP contribution is 2.35. The number of likely N-dealkylation sites (tertiary alicyclic amines) is 1. The lowest BCUT2D eigenvalue weighted by atomic mass is 9.90. The van der Waals surface area contributed by atoms with Gasteiger partial charge in [0.1, 0.15) is 12.3 Å². The number of unbranched alkanes of at least 4 members (excludes halogenated alkanes) is 3. The number of rotatable bonds is 10. The van der Waals surface area contributed by atoms with Crippen LogP contribution in [-0.2, 0) is 11.3 Å². The van der Waals surface area contributed by atoms with Crippen LogP contribution < -0.4 is 0 Å². The molecule has 2 aromatic carbocycles. The first-order chi connectivity index (χ1) is 16.7. The van der Waals surface area contributed by atoms with Crippen LogP contribution in [0, 0.1) is 0 Å². The number of aliphatic hydroxyl groups excluding tert-OH is 1. The molecule has 180 valence electrons. The molecule has 34 heavy (non-hydrogen) atoms. The van der Waals surface area contributed by atoms with Crippen LogP contribution in [0.2, 0.25) is 0 Å². The second-order valence-electron chi connectivity index (χ2n) is 8.98. The number of esters is 1. The maximum absolute atomic E-state index is 12.2. The Morgan fingerprint density at radius 3 is 2.53 bits per heavy atom. The Hall–Kier alpha value is -3.03. The van der Waals surface area contributed by atoms with Crippen molar-refractivity contribution in [1.82, 2.24) is 19.9 Å². The van der Waals surface area contributed by atoms with Crippen LogP contribution in [0.5, 0.6) is 0 Å². The molecule has 3 atom stereocenters. The Bertz CT molecular complexity index is 1020. The molecule has 0 radical (unpaired) electrons. The van der Waals surface area contributed by atoms with Gasteiger partial charge in [0, 0.05) is 12.6 Å². The highest BCUT2D eigenvalue weighted by Gasteiger charge is 2.36. The molecule has 1 aliphatic heterocycles. The van der Waals surface area contributed by atoms with E-state index in [1.165, 1.54) is 24.8 Å². The van der Waals surface area contributed by atoms with Gasteiger partial charge in [-0.1, -0.05) is 79.9 Å². The molecule has 0 aliphatic carbocycles. The van der Waals surface area contributed by atoms with E-state index in [-0.39, 0.29) is 18.7 Å². The van der Waals surface area contributed by atoms with Gasteiger partial charge in [-0.2, -0.15) is 0 Å². The molecule has 1 N–H and O–H groups in total. The number of aliphatic hydroxyl groups is 1. The Morgan fingerprint density at radius 2 is 1.79 bits per heavy atom. The summed E-state index contributed by atoms with van der Waals surface area (Å²) in [6, 6.07) is 19.3. The van der Waals surface area contributed by atoms with Crippen molar-refractivity contribution in [2.75, 3.05) is 13.1 Å². The van der Waals surface area contributed by atoms with Crippen molar-refractivity contribution in [3.8, 4) is 0 Å². The largest absolute Gasteiger partial charge is 0.455 e. The lowest BCUT2D eigenvalue weighted by Gasteiger charge is -2.42. The topological polar surface area (TPSA) is 80.5 Å². The van der Waals surface area contributed by atoms with Crippen LogP contribution >= 0.6 is 0 Å². The third-order valence-electron chi connectivity index (χ3n) is 6.51. The number of carbonyl (C=O) groups is 1. The van der Waals surface area contributed by atoms with E-state index in [1.807, 2.05) is 12.1 Å². The average Bonchev–Trinajstić information content (AvgIpc) is 3.35. The van der Waals surface area contributed by atoms with E-state index in [0.717, 1.165) is 13.0 Å². The number of hydrogen-bond donors (Lipinski definition) is 1. The number of benzene rings is 2. The fourth-order valence-corrected chi connectivity index (χ4v) is 4.63. The maximum Gasteiger partial charge on any atom is 0.338 e.